The van der Waals surface area contributed by atoms with Gasteiger partial charge >= 0.3 is 0 Å². The van der Waals surface area contributed by atoms with Crippen LogP contribution < -0.4 is 11.1 Å². The van der Waals surface area contributed by atoms with E-state index >= 15 is 0 Å². The Hall–Kier alpha value is -1.35. The summed E-state index contributed by atoms with van der Waals surface area (Å²) in [5.41, 5.74) is 6.17. The highest BCUT2D eigenvalue weighted by Gasteiger charge is 2.03. The number of nitrogens with two attached hydrogens (primary N) is 1. The average molecular weight is 178 g/mol. The average Bonchev–Trinajstić information content (AvgIpc) is 2.15. The van der Waals surface area contributed by atoms with Gasteiger partial charge in [-0.15, -0.1) is 0 Å². The lowest BCUT2D eigenvalue weighted by Crippen LogP contribution is -2.30. The molecule has 3 N–H and O–H groups in total. The van der Waals surface area contributed by atoms with Crippen molar-refractivity contribution in [1.82, 2.24) is 5.32 Å². The van der Waals surface area contributed by atoms with Crippen molar-refractivity contribution in [2.24, 2.45) is 5.73 Å². The predicted molar refractivity (Wildman–Crippen MR) is 52.1 cm³/mol. The van der Waals surface area contributed by atoms with Gasteiger partial charge in [-0.3, -0.25) is 4.79 Å². The monoisotopic (exact) mass is 178 g/mol. The van der Waals surface area contributed by atoms with Gasteiger partial charge < -0.3 is 11.1 Å². The maximum atomic E-state index is 10.5. The second-order valence-corrected chi connectivity index (χ2v) is 2.98. The summed E-state index contributed by atoms with van der Waals surface area (Å²) < 4.78 is 0. The smallest absolute Gasteiger partial charge is 0.231 e. The molecule has 0 fully saturated rings. The van der Waals surface area contributed by atoms with Gasteiger partial charge in [0, 0.05) is 6.04 Å². The van der Waals surface area contributed by atoms with Gasteiger partial charge in [-0.25, -0.2) is 0 Å². The highest BCUT2D eigenvalue weighted by atomic mass is 16.1. The molecule has 0 bridgehead atoms. The van der Waals surface area contributed by atoms with Gasteiger partial charge in [0.1, 0.15) is 0 Å². The van der Waals surface area contributed by atoms with E-state index in [-0.39, 0.29) is 18.5 Å². The van der Waals surface area contributed by atoms with E-state index in [1.807, 2.05) is 37.3 Å². The third kappa shape index (κ3) is 3.25. The third-order valence-electron chi connectivity index (χ3n) is 1.88. The summed E-state index contributed by atoms with van der Waals surface area (Å²) in [6.07, 6.45) is 0. The Labute approximate surface area is 77.9 Å². The molecule has 0 aromatic heterocycles. The van der Waals surface area contributed by atoms with E-state index in [0.717, 1.165) is 5.56 Å². The Morgan fingerprint density at radius 3 is 2.62 bits per heavy atom. The molecule has 3 nitrogen and oxygen atoms in total. The number of carbonyl (C=O) groups is 1. The van der Waals surface area contributed by atoms with Gasteiger partial charge in [-0.2, -0.15) is 0 Å². The van der Waals surface area contributed by atoms with Gasteiger partial charge in [0.2, 0.25) is 5.91 Å². The fraction of sp³-hybridized carbons (Fsp3) is 0.300. The number of hydrogen-bond donors (Lipinski definition) is 2. The fourth-order valence-corrected chi connectivity index (χ4v) is 1.11. The molecule has 0 aliphatic heterocycles. The molecule has 0 saturated carbocycles. The number of primary amides is 1. The van der Waals surface area contributed by atoms with Crippen LogP contribution in [0.3, 0.4) is 0 Å². The zero-order valence-electron chi connectivity index (χ0n) is 7.66. The maximum absolute atomic E-state index is 10.5. The van der Waals surface area contributed by atoms with E-state index < -0.39 is 0 Å². The van der Waals surface area contributed by atoms with Crippen molar-refractivity contribution in [3.05, 3.63) is 35.9 Å². The summed E-state index contributed by atoms with van der Waals surface area (Å²) in [7, 11) is 0. The molecule has 0 radical (unpaired) electrons. The molecular weight excluding hydrogens is 164 g/mol. The lowest BCUT2D eigenvalue weighted by molar-refractivity contribution is -0.117. The van der Waals surface area contributed by atoms with Gasteiger partial charge in [0.05, 0.1) is 6.54 Å². The topological polar surface area (TPSA) is 55.1 Å². The van der Waals surface area contributed by atoms with Crippen molar-refractivity contribution in [2.75, 3.05) is 6.54 Å². The minimum atomic E-state index is -0.331. The Balaban J connectivity index is 2.49. The van der Waals surface area contributed by atoms with Crippen molar-refractivity contribution in [2.45, 2.75) is 13.0 Å². The first-order valence-corrected chi connectivity index (χ1v) is 4.27. The molecule has 1 atom stereocenters. The van der Waals surface area contributed by atoms with Crippen LogP contribution in [0.4, 0.5) is 0 Å². The van der Waals surface area contributed by atoms with Crippen molar-refractivity contribution < 1.29 is 4.79 Å². The molecule has 1 aromatic carbocycles. The molecule has 0 unspecified atom stereocenters. The number of amides is 1. The van der Waals surface area contributed by atoms with Gasteiger partial charge in [0.25, 0.3) is 0 Å². The second kappa shape index (κ2) is 4.62. The van der Waals surface area contributed by atoms with Crippen molar-refractivity contribution in [3.63, 3.8) is 0 Å². The van der Waals surface area contributed by atoms with Crippen LogP contribution in [0.15, 0.2) is 30.3 Å². The highest BCUT2D eigenvalue weighted by Crippen LogP contribution is 2.09. The van der Waals surface area contributed by atoms with Crippen LogP contribution in [0.1, 0.15) is 18.5 Å². The number of carbonyl (C=O) groups excluding carboxylic acids is 1. The first-order chi connectivity index (χ1) is 6.20. The molecule has 0 aliphatic carbocycles. The minimum absolute atomic E-state index is 0.161. The Morgan fingerprint density at radius 1 is 1.46 bits per heavy atom. The summed E-state index contributed by atoms with van der Waals surface area (Å²) in [6.45, 7) is 2.22. The van der Waals surface area contributed by atoms with Crippen LogP contribution in [-0.2, 0) is 4.79 Å². The molecule has 3 heteroatoms. The molecule has 1 amide bonds. The van der Waals surface area contributed by atoms with Gasteiger partial charge in [0.15, 0.2) is 0 Å². The molecule has 13 heavy (non-hydrogen) atoms. The SMILES string of the molecule is C[C@H](NCC(N)=O)c1ccccc1. The molecule has 0 heterocycles. The maximum Gasteiger partial charge on any atom is 0.231 e. The predicted octanol–water partition coefficient (Wildman–Crippen LogP) is 0.823. The quantitative estimate of drug-likeness (QED) is 0.717. The Bertz CT molecular complexity index is 272. The van der Waals surface area contributed by atoms with E-state index in [0.29, 0.717) is 0 Å². The van der Waals surface area contributed by atoms with Crippen molar-refractivity contribution in [3.8, 4) is 0 Å². The largest absolute Gasteiger partial charge is 0.369 e. The number of hydrogen-bond acceptors (Lipinski definition) is 2. The summed E-state index contributed by atoms with van der Waals surface area (Å²) in [6, 6.07) is 10.1. The zero-order valence-corrected chi connectivity index (χ0v) is 7.66. The lowest BCUT2D eigenvalue weighted by Gasteiger charge is -2.12. The molecule has 1 aromatic rings. The van der Waals surface area contributed by atoms with Crippen molar-refractivity contribution >= 4 is 5.91 Å². The number of rotatable bonds is 4. The van der Waals surface area contributed by atoms with Crippen LogP contribution in [0.25, 0.3) is 0 Å². The third-order valence-corrected chi connectivity index (χ3v) is 1.88. The molecular formula is C10H14N2O. The first-order valence-electron chi connectivity index (χ1n) is 4.27. The second-order valence-electron chi connectivity index (χ2n) is 2.98. The van der Waals surface area contributed by atoms with E-state index in [2.05, 4.69) is 5.32 Å². The van der Waals surface area contributed by atoms with Crippen molar-refractivity contribution in [1.29, 1.82) is 0 Å². The van der Waals surface area contributed by atoms with E-state index in [9.17, 15) is 4.79 Å². The summed E-state index contributed by atoms with van der Waals surface area (Å²) in [5.74, 6) is -0.331. The lowest BCUT2D eigenvalue weighted by atomic mass is 10.1. The highest BCUT2D eigenvalue weighted by molar-refractivity contribution is 5.75. The number of nitrogens with one attached hydrogen (secondary N) is 1. The molecule has 0 aliphatic rings. The normalized spacial score (nSPS) is 12.4. The molecule has 0 spiro atoms. The van der Waals surface area contributed by atoms with Crippen LogP contribution >= 0.6 is 0 Å². The van der Waals surface area contributed by atoms with E-state index in [1.165, 1.54) is 0 Å². The Morgan fingerprint density at radius 2 is 2.08 bits per heavy atom. The van der Waals surface area contributed by atoms with Crippen LogP contribution in [0, 0.1) is 0 Å². The summed E-state index contributed by atoms with van der Waals surface area (Å²) >= 11 is 0. The van der Waals surface area contributed by atoms with Crippen LogP contribution in [-0.4, -0.2) is 12.5 Å². The van der Waals surface area contributed by atoms with E-state index in [1.54, 1.807) is 0 Å². The van der Waals surface area contributed by atoms with Gasteiger partial charge in [-0.1, -0.05) is 30.3 Å². The number of benzene rings is 1. The van der Waals surface area contributed by atoms with E-state index in [4.69, 9.17) is 5.73 Å². The standard InChI is InChI=1S/C10H14N2O/c1-8(12-7-10(11)13)9-5-3-2-4-6-9/h2-6,8,12H,7H2,1H3,(H2,11,13)/t8-/m0/s1. The zero-order chi connectivity index (χ0) is 9.68. The van der Waals surface area contributed by atoms with Gasteiger partial charge in [-0.05, 0) is 12.5 Å². The first kappa shape index (κ1) is 9.74. The molecule has 1 rings (SSSR count). The summed E-state index contributed by atoms with van der Waals surface area (Å²) in [5, 5.41) is 3.02. The minimum Gasteiger partial charge on any atom is -0.369 e. The van der Waals surface area contributed by atoms with Crippen LogP contribution in [0.2, 0.25) is 0 Å². The Kier molecular flexibility index (Phi) is 3.46. The fourth-order valence-electron chi connectivity index (χ4n) is 1.11. The molecule has 0 saturated heterocycles. The summed E-state index contributed by atoms with van der Waals surface area (Å²) in [4.78, 5) is 10.5. The van der Waals surface area contributed by atoms with Crippen LogP contribution in [0.5, 0.6) is 0 Å². The molecule has 70 valence electrons.